The minimum Gasteiger partial charge on any atom is -0.360 e. The average molecular weight is 344 g/mol. The number of hydrogen-bond acceptors (Lipinski definition) is 4. The van der Waals surface area contributed by atoms with E-state index < -0.39 is 5.91 Å². The van der Waals surface area contributed by atoms with Gasteiger partial charge in [-0.25, -0.2) is 0 Å². The molecule has 2 aromatic rings. The summed E-state index contributed by atoms with van der Waals surface area (Å²) in [5.74, 6) is -0.454. The summed E-state index contributed by atoms with van der Waals surface area (Å²) in [6.45, 7) is 4.05. The lowest BCUT2D eigenvalue weighted by Crippen LogP contribution is -2.17. The molecule has 0 atom stereocenters. The Labute approximate surface area is 153 Å². The summed E-state index contributed by atoms with van der Waals surface area (Å²) in [5.41, 5.74) is 4.06. The van der Waals surface area contributed by atoms with Gasteiger partial charge in [-0.05, 0) is 48.2 Å². The zero-order valence-corrected chi connectivity index (χ0v) is 14.8. The van der Waals surface area contributed by atoms with E-state index in [1.165, 1.54) is 6.20 Å². The van der Waals surface area contributed by atoms with Crippen LogP contribution in [0.5, 0.6) is 0 Å². The molecule has 0 saturated carbocycles. The van der Waals surface area contributed by atoms with Gasteiger partial charge in [0.1, 0.15) is 11.6 Å². The number of nitrogens with zero attached hydrogens (tertiary/aromatic N) is 2. The molecule has 0 aliphatic carbocycles. The Bertz CT molecular complexity index is 877. The number of rotatable bonds is 6. The van der Waals surface area contributed by atoms with Gasteiger partial charge in [-0.3, -0.25) is 4.79 Å². The van der Waals surface area contributed by atoms with Crippen LogP contribution < -0.4 is 10.6 Å². The molecule has 1 amide bonds. The molecule has 0 aromatic heterocycles. The summed E-state index contributed by atoms with van der Waals surface area (Å²) in [4.78, 5) is 12.5. The molecule has 0 aliphatic heterocycles. The first kappa shape index (κ1) is 18.8. The minimum atomic E-state index is -0.454. The number of anilines is 2. The SMILES string of the molecule is CCc1cccc(CC)c1NC(=O)/C(C#N)=C\Nc1ccc(C#N)cc1. The molecule has 2 aromatic carbocycles. The summed E-state index contributed by atoms with van der Waals surface area (Å²) in [6, 6.07) is 16.6. The summed E-state index contributed by atoms with van der Waals surface area (Å²) in [7, 11) is 0. The van der Waals surface area contributed by atoms with E-state index >= 15 is 0 Å². The monoisotopic (exact) mass is 344 g/mol. The number of hydrogen-bond donors (Lipinski definition) is 2. The Hall–Kier alpha value is -3.57. The van der Waals surface area contributed by atoms with Crippen molar-refractivity contribution >= 4 is 17.3 Å². The van der Waals surface area contributed by atoms with Crippen molar-refractivity contribution in [3.63, 3.8) is 0 Å². The van der Waals surface area contributed by atoms with Crippen LogP contribution in [-0.4, -0.2) is 5.91 Å². The second-order valence-corrected chi connectivity index (χ2v) is 5.62. The first-order valence-corrected chi connectivity index (χ1v) is 8.42. The molecule has 0 bridgehead atoms. The number of para-hydroxylation sites is 1. The smallest absolute Gasteiger partial charge is 0.267 e. The van der Waals surface area contributed by atoms with Crippen molar-refractivity contribution in [1.82, 2.24) is 0 Å². The maximum atomic E-state index is 12.5. The van der Waals surface area contributed by atoms with Crippen LogP contribution in [0.4, 0.5) is 11.4 Å². The highest BCUT2D eigenvalue weighted by Gasteiger charge is 2.13. The fourth-order valence-corrected chi connectivity index (χ4v) is 2.53. The van der Waals surface area contributed by atoms with Gasteiger partial charge < -0.3 is 10.6 Å². The van der Waals surface area contributed by atoms with E-state index in [1.807, 2.05) is 44.2 Å². The molecule has 0 spiro atoms. The number of nitriles is 2. The van der Waals surface area contributed by atoms with E-state index in [4.69, 9.17) is 5.26 Å². The van der Waals surface area contributed by atoms with E-state index in [2.05, 4.69) is 10.6 Å². The lowest BCUT2D eigenvalue weighted by Gasteiger charge is -2.14. The zero-order valence-electron chi connectivity index (χ0n) is 14.8. The van der Waals surface area contributed by atoms with Crippen LogP contribution in [0, 0.1) is 22.7 Å². The van der Waals surface area contributed by atoms with Gasteiger partial charge in [-0.15, -0.1) is 0 Å². The molecule has 130 valence electrons. The molecule has 0 fully saturated rings. The van der Waals surface area contributed by atoms with Gasteiger partial charge in [-0.2, -0.15) is 10.5 Å². The third-order valence-electron chi connectivity index (χ3n) is 4.00. The summed E-state index contributed by atoms with van der Waals surface area (Å²) >= 11 is 0. The van der Waals surface area contributed by atoms with Crippen LogP contribution in [0.25, 0.3) is 0 Å². The highest BCUT2D eigenvalue weighted by atomic mass is 16.1. The molecule has 0 aliphatic rings. The molecule has 0 heterocycles. The van der Waals surface area contributed by atoms with E-state index in [0.29, 0.717) is 11.3 Å². The maximum absolute atomic E-state index is 12.5. The molecule has 5 heteroatoms. The molecular formula is C21H20N4O. The van der Waals surface area contributed by atoms with Crippen molar-refractivity contribution in [3.05, 3.63) is 70.9 Å². The second-order valence-electron chi connectivity index (χ2n) is 5.62. The maximum Gasteiger partial charge on any atom is 0.267 e. The van der Waals surface area contributed by atoms with Crippen LogP contribution in [0.1, 0.15) is 30.5 Å². The van der Waals surface area contributed by atoms with Gasteiger partial charge in [0.25, 0.3) is 5.91 Å². The Balaban J connectivity index is 2.19. The van der Waals surface area contributed by atoms with E-state index in [9.17, 15) is 10.1 Å². The molecule has 2 rings (SSSR count). The van der Waals surface area contributed by atoms with Crippen LogP contribution in [-0.2, 0) is 17.6 Å². The normalized spacial score (nSPS) is 10.5. The molecule has 2 N–H and O–H groups in total. The quantitative estimate of drug-likeness (QED) is 0.609. The van der Waals surface area contributed by atoms with Crippen LogP contribution in [0.15, 0.2) is 54.2 Å². The minimum absolute atomic E-state index is 0.0256. The van der Waals surface area contributed by atoms with Crippen molar-refractivity contribution in [3.8, 4) is 12.1 Å². The standard InChI is InChI=1S/C21H20N4O/c1-3-16-6-5-7-17(4-2)20(16)25-21(26)18(13-23)14-24-19-10-8-15(12-22)9-11-19/h5-11,14,24H,3-4H2,1-2H3,(H,25,26)/b18-14-. The van der Waals surface area contributed by atoms with Gasteiger partial charge in [0, 0.05) is 17.6 Å². The van der Waals surface area contributed by atoms with Gasteiger partial charge in [0.05, 0.1) is 11.6 Å². The van der Waals surface area contributed by atoms with Crippen molar-refractivity contribution in [2.75, 3.05) is 10.6 Å². The fourth-order valence-electron chi connectivity index (χ4n) is 2.53. The van der Waals surface area contributed by atoms with Crippen LogP contribution in [0.3, 0.4) is 0 Å². The zero-order chi connectivity index (χ0) is 18.9. The van der Waals surface area contributed by atoms with Gasteiger partial charge in [0.15, 0.2) is 0 Å². The number of benzene rings is 2. The van der Waals surface area contributed by atoms with E-state index in [0.717, 1.165) is 29.7 Å². The average Bonchev–Trinajstić information content (AvgIpc) is 2.69. The summed E-state index contributed by atoms with van der Waals surface area (Å²) < 4.78 is 0. The highest BCUT2D eigenvalue weighted by Crippen LogP contribution is 2.23. The van der Waals surface area contributed by atoms with E-state index in [-0.39, 0.29) is 5.57 Å². The third-order valence-corrected chi connectivity index (χ3v) is 4.00. The number of aryl methyl sites for hydroxylation is 2. The van der Waals surface area contributed by atoms with Crippen molar-refractivity contribution in [1.29, 1.82) is 10.5 Å². The number of carbonyl (C=O) groups is 1. The molecule has 26 heavy (non-hydrogen) atoms. The van der Waals surface area contributed by atoms with Gasteiger partial charge >= 0.3 is 0 Å². The summed E-state index contributed by atoms with van der Waals surface area (Å²) in [5, 5.41) is 23.9. The third kappa shape index (κ3) is 4.49. The number of nitrogens with one attached hydrogen (secondary N) is 2. The van der Waals surface area contributed by atoms with Gasteiger partial charge in [-0.1, -0.05) is 32.0 Å². The largest absolute Gasteiger partial charge is 0.360 e. The number of amides is 1. The predicted molar refractivity (Wildman–Crippen MR) is 102 cm³/mol. The first-order valence-electron chi connectivity index (χ1n) is 8.42. The Morgan fingerprint density at radius 2 is 1.65 bits per heavy atom. The molecule has 0 unspecified atom stereocenters. The Kier molecular flexibility index (Phi) is 6.53. The topological polar surface area (TPSA) is 88.7 Å². The van der Waals surface area contributed by atoms with Crippen molar-refractivity contribution in [2.24, 2.45) is 0 Å². The molecule has 5 nitrogen and oxygen atoms in total. The Morgan fingerprint density at radius 1 is 1.04 bits per heavy atom. The fraction of sp³-hybridized carbons (Fsp3) is 0.190. The predicted octanol–water partition coefficient (Wildman–Crippen LogP) is 4.14. The van der Waals surface area contributed by atoms with Crippen LogP contribution in [0.2, 0.25) is 0 Å². The number of carbonyl (C=O) groups excluding carboxylic acids is 1. The highest BCUT2D eigenvalue weighted by molar-refractivity contribution is 6.07. The molecule has 0 saturated heterocycles. The Morgan fingerprint density at radius 3 is 2.15 bits per heavy atom. The first-order chi connectivity index (χ1) is 12.6. The van der Waals surface area contributed by atoms with E-state index in [1.54, 1.807) is 24.3 Å². The summed E-state index contributed by atoms with van der Waals surface area (Å²) in [6.07, 6.45) is 2.95. The second kappa shape index (κ2) is 9.05. The molecular weight excluding hydrogens is 324 g/mol. The lowest BCUT2D eigenvalue weighted by molar-refractivity contribution is -0.112. The van der Waals surface area contributed by atoms with Crippen LogP contribution >= 0.6 is 0 Å². The van der Waals surface area contributed by atoms with Crippen molar-refractivity contribution in [2.45, 2.75) is 26.7 Å². The molecule has 0 radical (unpaired) electrons. The van der Waals surface area contributed by atoms with Crippen molar-refractivity contribution < 1.29 is 4.79 Å². The lowest BCUT2D eigenvalue weighted by atomic mass is 10.0. The van der Waals surface area contributed by atoms with Gasteiger partial charge in [0.2, 0.25) is 0 Å².